The summed E-state index contributed by atoms with van der Waals surface area (Å²) in [5.74, 6) is -0.300. The first-order chi connectivity index (χ1) is 15.5. The number of rotatable bonds is 7. The Bertz CT molecular complexity index is 945. The number of nitrogens with zero attached hydrogens (tertiary/aromatic N) is 1. The van der Waals surface area contributed by atoms with Gasteiger partial charge in [0.05, 0.1) is 6.04 Å². The highest BCUT2D eigenvalue weighted by atomic mass is 16.6. The number of primary amides is 1. The number of benzene rings is 1. The van der Waals surface area contributed by atoms with E-state index in [-0.39, 0.29) is 24.8 Å². The molecule has 33 heavy (non-hydrogen) atoms. The maximum Gasteiger partial charge on any atom is 0.408 e. The van der Waals surface area contributed by atoms with Crippen LogP contribution in [0, 0.1) is 5.92 Å². The van der Waals surface area contributed by atoms with E-state index in [0.717, 1.165) is 19.3 Å². The molecule has 1 aliphatic carbocycles. The average Bonchev–Trinajstić information content (AvgIpc) is 3.08. The average molecular weight is 456 g/mol. The van der Waals surface area contributed by atoms with Gasteiger partial charge in [-0.05, 0) is 74.6 Å². The number of nitrogens with one attached hydrogen (secondary N) is 1. The molecule has 1 aromatic rings. The van der Waals surface area contributed by atoms with Crippen molar-refractivity contribution >= 4 is 23.5 Å². The van der Waals surface area contributed by atoms with E-state index in [9.17, 15) is 14.4 Å². The number of ether oxygens (including phenoxy) is 1. The summed E-state index contributed by atoms with van der Waals surface area (Å²) >= 11 is 0. The molecular formula is C26H37N3O4. The number of carbonyl (C=O) groups excluding carboxylic acids is 3. The zero-order chi connectivity index (χ0) is 24.3. The molecule has 0 spiro atoms. The standard InChI is InChI=1S/C26H37N3O4/c1-16(2)14-22-20-15-17-8-6-7-9-18(17)19(20)12-13-29(22)24(31)21(10-11-23(27)30)28-25(32)33-26(3,4)5/h6-9,16,21-22H,10-15H2,1-5H3,(H2,27,30)(H,28,32)/t21-,22?/m1/s1. The van der Waals surface area contributed by atoms with Crippen LogP contribution < -0.4 is 11.1 Å². The predicted molar refractivity (Wildman–Crippen MR) is 128 cm³/mol. The highest BCUT2D eigenvalue weighted by molar-refractivity contribution is 5.89. The molecule has 1 heterocycles. The number of nitrogens with two attached hydrogens (primary N) is 1. The van der Waals surface area contributed by atoms with E-state index in [1.54, 1.807) is 20.8 Å². The number of hydrogen-bond acceptors (Lipinski definition) is 4. The van der Waals surface area contributed by atoms with Gasteiger partial charge in [-0.3, -0.25) is 9.59 Å². The van der Waals surface area contributed by atoms with Gasteiger partial charge in [0, 0.05) is 13.0 Å². The van der Waals surface area contributed by atoms with Crippen LogP contribution in [0.5, 0.6) is 0 Å². The van der Waals surface area contributed by atoms with Crippen LogP contribution in [-0.4, -0.2) is 47.0 Å². The minimum Gasteiger partial charge on any atom is -0.444 e. The molecule has 1 aliphatic heterocycles. The summed E-state index contributed by atoms with van der Waals surface area (Å²) in [6.07, 6.45) is 1.95. The lowest BCUT2D eigenvalue weighted by Crippen LogP contribution is -2.54. The van der Waals surface area contributed by atoms with Crippen molar-refractivity contribution in [2.75, 3.05) is 6.54 Å². The fraction of sp³-hybridized carbons (Fsp3) is 0.577. The molecule has 180 valence electrons. The first-order valence-corrected chi connectivity index (χ1v) is 11.8. The van der Waals surface area contributed by atoms with Crippen molar-refractivity contribution in [3.05, 3.63) is 41.0 Å². The van der Waals surface area contributed by atoms with Gasteiger partial charge in [0.1, 0.15) is 11.6 Å². The normalized spacial score (nSPS) is 18.6. The predicted octanol–water partition coefficient (Wildman–Crippen LogP) is 3.80. The van der Waals surface area contributed by atoms with Crippen LogP contribution in [0.3, 0.4) is 0 Å². The van der Waals surface area contributed by atoms with Crippen LogP contribution in [0.2, 0.25) is 0 Å². The molecule has 0 saturated heterocycles. The molecule has 3 rings (SSSR count). The van der Waals surface area contributed by atoms with E-state index in [2.05, 4.69) is 43.4 Å². The monoisotopic (exact) mass is 455 g/mol. The van der Waals surface area contributed by atoms with Crippen LogP contribution in [-0.2, 0) is 20.7 Å². The van der Waals surface area contributed by atoms with Gasteiger partial charge in [-0.1, -0.05) is 38.1 Å². The fourth-order valence-corrected chi connectivity index (χ4v) is 4.82. The van der Waals surface area contributed by atoms with Crippen LogP contribution >= 0.6 is 0 Å². The second-order valence-electron chi connectivity index (χ2n) is 10.5. The second kappa shape index (κ2) is 9.98. The van der Waals surface area contributed by atoms with Gasteiger partial charge in [-0.25, -0.2) is 4.79 Å². The first kappa shape index (κ1) is 24.8. The van der Waals surface area contributed by atoms with E-state index in [1.807, 2.05) is 4.90 Å². The van der Waals surface area contributed by atoms with Crippen molar-refractivity contribution in [1.82, 2.24) is 10.2 Å². The van der Waals surface area contributed by atoms with E-state index in [4.69, 9.17) is 10.5 Å². The van der Waals surface area contributed by atoms with E-state index in [0.29, 0.717) is 12.5 Å². The Morgan fingerprint density at radius 2 is 1.91 bits per heavy atom. The zero-order valence-electron chi connectivity index (χ0n) is 20.4. The molecule has 0 fully saturated rings. The Hall–Kier alpha value is -2.83. The first-order valence-electron chi connectivity index (χ1n) is 11.8. The third-order valence-corrected chi connectivity index (χ3v) is 6.14. The molecule has 7 heteroatoms. The van der Waals surface area contributed by atoms with Crippen LogP contribution in [0.1, 0.15) is 71.4 Å². The second-order valence-corrected chi connectivity index (χ2v) is 10.5. The third kappa shape index (κ3) is 6.15. The highest BCUT2D eigenvalue weighted by Gasteiger charge is 2.39. The van der Waals surface area contributed by atoms with Crippen LogP contribution in [0.15, 0.2) is 29.8 Å². The van der Waals surface area contributed by atoms with Crippen molar-refractivity contribution in [1.29, 1.82) is 0 Å². The van der Waals surface area contributed by atoms with Crippen molar-refractivity contribution in [3.8, 4) is 0 Å². The molecule has 0 aromatic heterocycles. The van der Waals surface area contributed by atoms with Crippen LogP contribution in [0.25, 0.3) is 5.57 Å². The van der Waals surface area contributed by atoms with Crippen molar-refractivity contribution in [3.63, 3.8) is 0 Å². The lowest BCUT2D eigenvalue weighted by molar-refractivity contribution is -0.136. The fourth-order valence-electron chi connectivity index (χ4n) is 4.82. The van der Waals surface area contributed by atoms with Crippen molar-refractivity contribution < 1.29 is 19.1 Å². The maximum atomic E-state index is 13.7. The Morgan fingerprint density at radius 1 is 1.21 bits per heavy atom. The molecule has 0 radical (unpaired) electrons. The SMILES string of the molecule is CC(C)CC1C2=C(CCN1C(=O)[C@@H](CCC(N)=O)NC(=O)OC(C)(C)C)c1ccccc1C2. The molecule has 0 bridgehead atoms. The molecule has 2 atom stereocenters. The molecule has 3 amide bonds. The van der Waals surface area contributed by atoms with E-state index < -0.39 is 23.6 Å². The molecule has 7 nitrogen and oxygen atoms in total. The molecule has 1 unspecified atom stereocenters. The quantitative estimate of drug-likeness (QED) is 0.653. The van der Waals surface area contributed by atoms with Gasteiger partial charge >= 0.3 is 6.09 Å². The molecule has 0 saturated carbocycles. The topological polar surface area (TPSA) is 102 Å². The minimum atomic E-state index is -0.868. The molecule has 2 aliphatic rings. The van der Waals surface area contributed by atoms with Gasteiger partial charge in [-0.2, -0.15) is 0 Å². The molecule has 3 N–H and O–H groups in total. The summed E-state index contributed by atoms with van der Waals surface area (Å²) in [4.78, 5) is 39.6. The summed E-state index contributed by atoms with van der Waals surface area (Å²) in [5, 5.41) is 2.70. The van der Waals surface area contributed by atoms with Crippen molar-refractivity contribution in [2.24, 2.45) is 11.7 Å². The number of amides is 3. The largest absolute Gasteiger partial charge is 0.444 e. The summed E-state index contributed by atoms with van der Waals surface area (Å²) in [6, 6.07) is 7.54. The van der Waals surface area contributed by atoms with Gasteiger partial charge < -0.3 is 20.7 Å². The summed E-state index contributed by atoms with van der Waals surface area (Å²) in [7, 11) is 0. The minimum absolute atomic E-state index is 0.00821. The van der Waals surface area contributed by atoms with Gasteiger partial charge in [0.15, 0.2) is 0 Å². The maximum absolute atomic E-state index is 13.7. The summed E-state index contributed by atoms with van der Waals surface area (Å²) in [5.41, 5.74) is 9.92. The zero-order valence-corrected chi connectivity index (χ0v) is 20.4. The Labute approximate surface area is 196 Å². The van der Waals surface area contributed by atoms with Gasteiger partial charge in [0.2, 0.25) is 11.8 Å². The Kier molecular flexibility index (Phi) is 7.50. The van der Waals surface area contributed by atoms with E-state index in [1.165, 1.54) is 22.3 Å². The van der Waals surface area contributed by atoms with Crippen LogP contribution in [0.4, 0.5) is 4.79 Å². The number of hydrogen-bond donors (Lipinski definition) is 2. The summed E-state index contributed by atoms with van der Waals surface area (Å²) < 4.78 is 5.37. The molecule has 1 aromatic carbocycles. The third-order valence-electron chi connectivity index (χ3n) is 6.14. The highest BCUT2D eigenvalue weighted by Crippen LogP contribution is 2.42. The number of fused-ring (bicyclic) bond motifs is 2. The number of carbonyl (C=O) groups is 3. The summed E-state index contributed by atoms with van der Waals surface area (Å²) in [6.45, 7) is 10.2. The van der Waals surface area contributed by atoms with Gasteiger partial charge in [-0.15, -0.1) is 0 Å². The smallest absolute Gasteiger partial charge is 0.408 e. The number of alkyl carbamates (subject to hydrolysis) is 1. The van der Waals surface area contributed by atoms with Crippen molar-refractivity contribution in [2.45, 2.75) is 84.4 Å². The lowest BCUT2D eigenvalue weighted by atomic mass is 9.87. The van der Waals surface area contributed by atoms with Gasteiger partial charge in [0.25, 0.3) is 0 Å². The molecular weight excluding hydrogens is 418 g/mol. The Balaban J connectivity index is 1.86. The Morgan fingerprint density at radius 3 is 2.55 bits per heavy atom. The van der Waals surface area contributed by atoms with E-state index >= 15 is 0 Å². The lowest BCUT2D eigenvalue weighted by Gasteiger charge is -2.40.